The van der Waals surface area contributed by atoms with Crippen LogP contribution in [0.4, 0.5) is 0 Å². The molecule has 0 aliphatic heterocycles. The predicted molar refractivity (Wildman–Crippen MR) is 177 cm³/mol. The Morgan fingerprint density at radius 2 is 1.28 bits per heavy atom. The number of benzene rings is 5. The Kier molecular flexibility index (Phi) is 9.01. The zero-order chi connectivity index (χ0) is 29.4. The Labute approximate surface area is 255 Å². The van der Waals surface area contributed by atoms with E-state index in [0.29, 0.717) is 19.1 Å². The highest BCUT2D eigenvalue weighted by atomic mass is 16.7. The molecule has 5 aromatic rings. The molecular weight excluding hydrogens is 528 g/mol. The first-order chi connectivity index (χ1) is 21.2. The molecule has 0 saturated heterocycles. The summed E-state index contributed by atoms with van der Waals surface area (Å²) in [6, 6.07) is 44.0. The fourth-order valence-electron chi connectivity index (χ4n) is 5.66. The molecule has 6 rings (SSSR count). The Bertz CT molecular complexity index is 1580. The van der Waals surface area contributed by atoms with E-state index in [9.17, 15) is 0 Å². The predicted octanol–water partition coefficient (Wildman–Crippen LogP) is 10.1. The van der Waals surface area contributed by atoms with Gasteiger partial charge in [-0.3, -0.25) is 0 Å². The van der Waals surface area contributed by atoms with Crippen LogP contribution in [0.15, 0.2) is 133 Å². The third kappa shape index (κ3) is 6.58. The largest absolute Gasteiger partial charge is 0.490 e. The van der Waals surface area contributed by atoms with Crippen LogP contribution in [-0.2, 0) is 4.74 Å². The molecule has 3 nitrogen and oxygen atoms in total. The Morgan fingerprint density at radius 1 is 0.651 bits per heavy atom. The molecule has 0 fully saturated rings. The van der Waals surface area contributed by atoms with Gasteiger partial charge >= 0.3 is 0 Å². The Morgan fingerprint density at radius 3 is 1.93 bits per heavy atom. The van der Waals surface area contributed by atoms with Crippen LogP contribution >= 0.6 is 0 Å². The molecule has 216 valence electrons. The normalized spacial score (nSPS) is 15.1. The van der Waals surface area contributed by atoms with Crippen LogP contribution < -0.4 is 9.47 Å². The molecule has 43 heavy (non-hydrogen) atoms. The van der Waals surface area contributed by atoms with Crippen LogP contribution in [0, 0.1) is 0 Å². The van der Waals surface area contributed by atoms with E-state index in [1.165, 1.54) is 16.7 Å². The van der Waals surface area contributed by atoms with Gasteiger partial charge in [-0.1, -0.05) is 141 Å². The van der Waals surface area contributed by atoms with Gasteiger partial charge in [0, 0.05) is 11.1 Å². The van der Waals surface area contributed by atoms with Crippen molar-refractivity contribution in [1.29, 1.82) is 0 Å². The molecule has 0 saturated carbocycles. The molecular formula is C40H38O3. The molecule has 1 aliphatic carbocycles. The van der Waals surface area contributed by atoms with Crippen LogP contribution in [0.2, 0.25) is 0 Å². The molecule has 0 aromatic heterocycles. The SMILES string of the molecule is CCC(C)c1ccc(OC(OCCOc2c(-c3ccccc3)cccc2-c2ccccc2)C2C=Cc3ccccc32)cc1. The topological polar surface area (TPSA) is 27.7 Å². The summed E-state index contributed by atoms with van der Waals surface area (Å²) in [7, 11) is 0. The van der Waals surface area contributed by atoms with E-state index in [-0.39, 0.29) is 5.92 Å². The first-order valence-corrected chi connectivity index (χ1v) is 15.2. The van der Waals surface area contributed by atoms with Gasteiger partial charge in [-0.15, -0.1) is 0 Å². The number of fused-ring (bicyclic) bond motifs is 1. The molecule has 3 heteroatoms. The smallest absolute Gasteiger partial charge is 0.210 e. The van der Waals surface area contributed by atoms with Gasteiger partial charge in [-0.05, 0) is 52.3 Å². The lowest BCUT2D eigenvalue weighted by molar-refractivity contribution is -0.0939. The van der Waals surface area contributed by atoms with Gasteiger partial charge < -0.3 is 14.2 Å². The van der Waals surface area contributed by atoms with Crippen molar-refractivity contribution in [2.24, 2.45) is 0 Å². The summed E-state index contributed by atoms with van der Waals surface area (Å²) in [5, 5.41) is 0. The minimum absolute atomic E-state index is 0.0121. The summed E-state index contributed by atoms with van der Waals surface area (Å²) in [6.45, 7) is 5.22. The van der Waals surface area contributed by atoms with E-state index in [2.05, 4.69) is 141 Å². The third-order valence-corrected chi connectivity index (χ3v) is 8.24. The average Bonchev–Trinajstić information content (AvgIpc) is 3.51. The fraction of sp³-hybridized carbons (Fsp3) is 0.200. The van der Waals surface area contributed by atoms with E-state index >= 15 is 0 Å². The van der Waals surface area contributed by atoms with Crippen molar-refractivity contribution >= 4 is 6.08 Å². The van der Waals surface area contributed by atoms with Gasteiger partial charge in [-0.25, -0.2) is 0 Å². The van der Waals surface area contributed by atoms with Gasteiger partial charge in [0.2, 0.25) is 6.29 Å². The zero-order valence-corrected chi connectivity index (χ0v) is 24.9. The second-order valence-electron chi connectivity index (χ2n) is 11.0. The molecule has 0 spiro atoms. The number of rotatable bonds is 12. The number of para-hydroxylation sites is 1. The van der Waals surface area contributed by atoms with Gasteiger partial charge in [0.1, 0.15) is 18.1 Å². The summed E-state index contributed by atoms with van der Waals surface area (Å²) in [5.74, 6) is 2.16. The van der Waals surface area contributed by atoms with Crippen molar-refractivity contribution in [3.8, 4) is 33.8 Å². The van der Waals surface area contributed by atoms with Crippen LogP contribution in [0.3, 0.4) is 0 Å². The summed E-state index contributed by atoms with van der Waals surface area (Å²) in [4.78, 5) is 0. The minimum atomic E-state index is -0.490. The highest BCUT2D eigenvalue weighted by Crippen LogP contribution is 2.39. The minimum Gasteiger partial charge on any atom is -0.490 e. The molecule has 0 radical (unpaired) electrons. The summed E-state index contributed by atoms with van der Waals surface area (Å²) in [6.07, 6.45) is 4.96. The standard InChI is InChI=1S/C40H38O3/c1-3-29(2)30-21-24-34(25-22-30)43-40(38-26-23-33-17-10-11-18-35(33)38)42-28-27-41-39-36(31-13-6-4-7-14-31)19-12-20-37(39)32-15-8-5-9-16-32/h4-26,29,38,40H,3,27-28H2,1-2H3. The van der Waals surface area contributed by atoms with Gasteiger partial charge in [0.25, 0.3) is 0 Å². The summed E-state index contributed by atoms with van der Waals surface area (Å²) in [5.41, 5.74) is 8.09. The van der Waals surface area contributed by atoms with Crippen molar-refractivity contribution in [3.05, 3.63) is 150 Å². The Balaban J connectivity index is 1.22. The second-order valence-corrected chi connectivity index (χ2v) is 11.0. The van der Waals surface area contributed by atoms with Crippen LogP contribution in [-0.4, -0.2) is 19.5 Å². The molecule has 0 heterocycles. The highest BCUT2D eigenvalue weighted by molar-refractivity contribution is 5.82. The van der Waals surface area contributed by atoms with Crippen LogP contribution in [0.5, 0.6) is 11.5 Å². The maximum absolute atomic E-state index is 6.57. The van der Waals surface area contributed by atoms with Gasteiger partial charge in [0.15, 0.2) is 0 Å². The molecule has 0 bridgehead atoms. The van der Waals surface area contributed by atoms with Gasteiger partial charge in [-0.2, -0.15) is 0 Å². The molecule has 5 aromatic carbocycles. The van der Waals surface area contributed by atoms with E-state index < -0.39 is 6.29 Å². The first-order valence-electron chi connectivity index (χ1n) is 15.2. The van der Waals surface area contributed by atoms with Gasteiger partial charge in [0.05, 0.1) is 12.5 Å². The quantitative estimate of drug-likeness (QED) is 0.111. The van der Waals surface area contributed by atoms with E-state index in [1.54, 1.807) is 0 Å². The molecule has 1 aliphatic rings. The summed E-state index contributed by atoms with van der Waals surface area (Å²) < 4.78 is 19.6. The van der Waals surface area contributed by atoms with Crippen LogP contribution in [0.1, 0.15) is 48.8 Å². The average molecular weight is 567 g/mol. The number of hydrogen-bond acceptors (Lipinski definition) is 3. The first kappa shape index (κ1) is 28.5. The maximum atomic E-state index is 6.57. The lowest BCUT2D eigenvalue weighted by Gasteiger charge is -2.26. The molecule has 3 atom stereocenters. The zero-order valence-electron chi connectivity index (χ0n) is 24.9. The van der Waals surface area contributed by atoms with Crippen LogP contribution in [0.25, 0.3) is 28.3 Å². The van der Waals surface area contributed by atoms with Crippen molar-refractivity contribution in [1.82, 2.24) is 0 Å². The van der Waals surface area contributed by atoms with E-state index in [1.807, 2.05) is 12.1 Å². The lowest BCUT2D eigenvalue weighted by atomic mass is 9.97. The van der Waals surface area contributed by atoms with Crippen molar-refractivity contribution < 1.29 is 14.2 Å². The number of hydrogen-bond donors (Lipinski definition) is 0. The Hall–Kier alpha value is -4.60. The molecule has 0 amide bonds. The maximum Gasteiger partial charge on any atom is 0.210 e. The second kappa shape index (κ2) is 13.6. The monoisotopic (exact) mass is 566 g/mol. The van der Waals surface area contributed by atoms with Crippen molar-refractivity contribution in [2.75, 3.05) is 13.2 Å². The van der Waals surface area contributed by atoms with Crippen molar-refractivity contribution in [2.45, 2.75) is 38.4 Å². The summed E-state index contributed by atoms with van der Waals surface area (Å²) >= 11 is 0. The van der Waals surface area contributed by atoms with E-state index in [4.69, 9.17) is 14.2 Å². The highest BCUT2D eigenvalue weighted by Gasteiger charge is 2.29. The molecule has 0 N–H and O–H groups in total. The van der Waals surface area contributed by atoms with Crippen molar-refractivity contribution in [3.63, 3.8) is 0 Å². The third-order valence-electron chi connectivity index (χ3n) is 8.24. The fourth-order valence-corrected chi connectivity index (χ4v) is 5.66. The lowest BCUT2D eigenvalue weighted by Crippen LogP contribution is -2.29. The number of ether oxygens (including phenoxy) is 3. The molecule has 3 unspecified atom stereocenters. The van der Waals surface area contributed by atoms with E-state index in [0.717, 1.165) is 40.2 Å².